The van der Waals surface area contributed by atoms with Crippen LogP contribution in [0.1, 0.15) is 43.9 Å². The molecule has 29 heavy (non-hydrogen) atoms. The molecule has 2 aromatic rings. The van der Waals surface area contributed by atoms with E-state index in [2.05, 4.69) is 58.6 Å². The van der Waals surface area contributed by atoms with E-state index in [0.717, 1.165) is 31.2 Å². The lowest BCUT2D eigenvalue weighted by molar-refractivity contribution is 0.373. The van der Waals surface area contributed by atoms with E-state index >= 15 is 0 Å². The molecular formula is C23H32N4O2. The van der Waals surface area contributed by atoms with Crippen LogP contribution >= 0.6 is 0 Å². The zero-order valence-electron chi connectivity index (χ0n) is 17.6. The number of rotatable bonds is 7. The molecule has 2 aromatic carbocycles. The maximum atomic E-state index is 9.96. The van der Waals surface area contributed by atoms with Crippen molar-refractivity contribution in [2.24, 2.45) is 4.99 Å². The molecule has 0 bridgehead atoms. The van der Waals surface area contributed by atoms with Gasteiger partial charge in [-0.3, -0.25) is 0 Å². The second-order valence-electron chi connectivity index (χ2n) is 7.36. The molecule has 6 nitrogen and oxygen atoms in total. The van der Waals surface area contributed by atoms with Crippen LogP contribution in [0.5, 0.6) is 11.5 Å². The number of phenolic OH excluding ortho intramolecular Hbond substituents is 1. The summed E-state index contributed by atoms with van der Waals surface area (Å²) >= 11 is 0. The number of methoxy groups -OCH3 is 1. The number of nitrogens with zero attached hydrogens (tertiary/aromatic N) is 2. The van der Waals surface area contributed by atoms with E-state index in [1.165, 1.54) is 24.1 Å². The Balaban J connectivity index is 1.68. The highest BCUT2D eigenvalue weighted by Gasteiger charge is 2.14. The average molecular weight is 397 g/mol. The Hall–Kier alpha value is -2.89. The third kappa shape index (κ3) is 5.56. The van der Waals surface area contributed by atoms with Crippen LogP contribution in [0.4, 0.5) is 5.69 Å². The molecule has 0 radical (unpaired) electrons. The van der Waals surface area contributed by atoms with Gasteiger partial charge in [-0.2, -0.15) is 0 Å². The van der Waals surface area contributed by atoms with Crippen LogP contribution in [-0.2, 0) is 6.54 Å². The van der Waals surface area contributed by atoms with Crippen LogP contribution in [0.3, 0.4) is 0 Å². The molecule has 6 heteroatoms. The maximum Gasteiger partial charge on any atom is 0.192 e. The summed E-state index contributed by atoms with van der Waals surface area (Å²) in [6.45, 7) is 7.73. The minimum atomic E-state index is 0.125. The fourth-order valence-electron chi connectivity index (χ4n) is 3.58. The third-order valence-corrected chi connectivity index (χ3v) is 5.20. The molecule has 3 N–H and O–H groups in total. The maximum absolute atomic E-state index is 9.96. The van der Waals surface area contributed by atoms with Gasteiger partial charge < -0.3 is 25.4 Å². The summed E-state index contributed by atoms with van der Waals surface area (Å²) in [5.41, 5.74) is 3.45. The Bertz CT molecular complexity index is 831. The van der Waals surface area contributed by atoms with Crippen molar-refractivity contribution >= 4 is 11.6 Å². The summed E-state index contributed by atoms with van der Waals surface area (Å²) in [6.07, 6.45) is 2.55. The number of guanidine groups is 1. The number of nitrogens with one attached hydrogen (secondary N) is 2. The largest absolute Gasteiger partial charge is 0.504 e. The second kappa shape index (κ2) is 10.0. The molecule has 0 aliphatic carbocycles. The van der Waals surface area contributed by atoms with Gasteiger partial charge >= 0.3 is 0 Å². The molecule has 3 rings (SSSR count). The molecule has 1 atom stereocenters. The van der Waals surface area contributed by atoms with Crippen molar-refractivity contribution < 1.29 is 9.84 Å². The van der Waals surface area contributed by atoms with Gasteiger partial charge in [0, 0.05) is 25.3 Å². The summed E-state index contributed by atoms with van der Waals surface area (Å²) in [5, 5.41) is 16.8. The summed E-state index contributed by atoms with van der Waals surface area (Å²) < 4.78 is 5.10. The van der Waals surface area contributed by atoms with Gasteiger partial charge in [0.25, 0.3) is 0 Å². The number of phenols is 1. The molecule has 156 valence electrons. The molecule has 0 spiro atoms. The Morgan fingerprint density at radius 2 is 2.00 bits per heavy atom. The lowest BCUT2D eigenvalue weighted by Gasteiger charge is -2.22. The summed E-state index contributed by atoms with van der Waals surface area (Å²) in [5.74, 6) is 1.35. The predicted octanol–water partition coefficient (Wildman–Crippen LogP) is 3.82. The highest BCUT2D eigenvalue weighted by atomic mass is 16.5. The zero-order chi connectivity index (χ0) is 20.6. The Morgan fingerprint density at radius 1 is 1.21 bits per heavy atom. The van der Waals surface area contributed by atoms with Crippen LogP contribution in [0.25, 0.3) is 0 Å². The zero-order valence-corrected chi connectivity index (χ0v) is 17.6. The molecule has 0 aromatic heterocycles. The summed E-state index contributed by atoms with van der Waals surface area (Å²) in [7, 11) is 1.54. The van der Waals surface area contributed by atoms with Crippen molar-refractivity contribution in [1.82, 2.24) is 10.6 Å². The van der Waals surface area contributed by atoms with Gasteiger partial charge in [0.1, 0.15) is 0 Å². The minimum absolute atomic E-state index is 0.125. The molecule has 1 heterocycles. The van der Waals surface area contributed by atoms with Crippen LogP contribution in [0.2, 0.25) is 0 Å². The van der Waals surface area contributed by atoms with Crippen LogP contribution in [-0.4, -0.2) is 37.8 Å². The fourth-order valence-corrected chi connectivity index (χ4v) is 3.58. The monoisotopic (exact) mass is 396 g/mol. The SMILES string of the molecule is CCNC(=NCc1ccc(OC)c(O)c1)NC(C)c1cccc(N2CCCC2)c1. The highest BCUT2D eigenvalue weighted by molar-refractivity contribution is 5.80. The van der Waals surface area contributed by atoms with E-state index in [0.29, 0.717) is 12.3 Å². The van der Waals surface area contributed by atoms with E-state index in [1.54, 1.807) is 19.2 Å². The van der Waals surface area contributed by atoms with Gasteiger partial charge in [-0.05, 0) is 62.1 Å². The van der Waals surface area contributed by atoms with Crippen molar-refractivity contribution in [2.75, 3.05) is 31.6 Å². The van der Waals surface area contributed by atoms with Crippen LogP contribution in [0.15, 0.2) is 47.5 Å². The first-order valence-electron chi connectivity index (χ1n) is 10.4. The smallest absolute Gasteiger partial charge is 0.192 e. The first-order chi connectivity index (χ1) is 14.1. The second-order valence-corrected chi connectivity index (χ2v) is 7.36. The standard InChI is InChI=1S/C23H32N4O2/c1-4-24-23(25-16-18-10-11-22(29-3)21(28)14-18)26-17(2)19-8-7-9-20(15-19)27-12-5-6-13-27/h7-11,14-15,17,28H,4-6,12-13,16H2,1-3H3,(H2,24,25,26). The van der Waals surface area contributed by atoms with Gasteiger partial charge in [-0.15, -0.1) is 0 Å². The van der Waals surface area contributed by atoms with Crippen molar-refractivity contribution in [3.8, 4) is 11.5 Å². The lowest BCUT2D eigenvalue weighted by Crippen LogP contribution is -2.38. The van der Waals surface area contributed by atoms with Crippen molar-refractivity contribution in [3.63, 3.8) is 0 Å². The highest BCUT2D eigenvalue weighted by Crippen LogP contribution is 2.26. The Kier molecular flexibility index (Phi) is 7.22. The number of anilines is 1. The Labute approximate surface area is 173 Å². The fraction of sp³-hybridized carbons (Fsp3) is 0.435. The predicted molar refractivity (Wildman–Crippen MR) is 119 cm³/mol. The van der Waals surface area contributed by atoms with Gasteiger partial charge in [0.2, 0.25) is 0 Å². The van der Waals surface area contributed by atoms with Crippen LogP contribution in [0, 0.1) is 0 Å². The van der Waals surface area contributed by atoms with Gasteiger partial charge in [0.05, 0.1) is 19.7 Å². The lowest BCUT2D eigenvalue weighted by atomic mass is 10.1. The van der Waals surface area contributed by atoms with E-state index < -0.39 is 0 Å². The molecule has 1 aliphatic heterocycles. The summed E-state index contributed by atoms with van der Waals surface area (Å²) in [4.78, 5) is 7.13. The van der Waals surface area contributed by atoms with E-state index in [4.69, 9.17) is 4.74 Å². The Morgan fingerprint density at radius 3 is 2.69 bits per heavy atom. The molecule has 0 saturated carbocycles. The number of hydrogen-bond acceptors (Lipinski definition) is 4. The first-order valence-corrected chi connectivity index (χ1v) is 10.4. The van der Waals surface area contributed by atoms with Gasteiger partial charge in [-0.25, -0.2) is 4.99 Å². The molecular weight excluding hydrogens is 364 g/mol. The first kappa shape index (κ1) is 20.8. The van der Waals surface area contributed by atoms with E-state index in [9.17, 15) is 5.11 Å². The molecule has 1 fully saturated rings. The van der Waals surface area contributed by atoms with Crippen LogP contribution < -0.4 is 20.3 Å². The van der Waals surface area contributed by atoms with Crippen molar-refractivity contribution in [2.45, 2.75) is 39.3 Å². The normalized spacial score (nSPS) is 15.3. The molecule has 1 saturated heterocycles. The van der Waals surface area contributed by atoms with Crippen molar-refractivity contribution in [3.05, 3.63) is 53.6 Å². The molecule has 0 amide bonds. The number of aliphatic imine (C=N–C) groups is 1. The molecule has 1 unspecified atom stereocenters. The number of benzene rings is 2. The molecule has 1 aliphatic rings. The number of hydrogen-bond donors (Lipinski definition) is 3. The third-order valence-electron chi connectivity index (χ3n) is 5.20. The van der Waals surface area contributed by atoms with E-state index in [1.807, 2.05) is 6.07 Å². The minimum Gasteiger partial charge on any atom is -0.504 e. The van der Waals surface area contributed by atoms with Crippen molar-refractivity contribution in [1.29, 1.82) is 0 Å². The quantitative estimate of drug-likeness (QED) is 0.490. The topological polar surface area (TPSA) is 69.1 Å². The number of aromatic hydroxyl groups is 1. The number of ether oxygens (including phenoxy) is 1. The van der Waals surface area contributed by atoms with E-state index in [-0.39, 0.29) is 11.8 Å². The average Bonchev–Trinajstić information content (AvgIpc) is 3.27. The van der Waals surface area contributed by atoms with Gasteiger partial charge in [0.15, 0.2) is 17.5 Å². The van der Waals surface area contributed by atoms with Gasteiger partial charge in [-0.1, -0.05) is 18.2 Å². The summed E-state index contributed by atoms with van der Waals surface area (Å²) in [6, 6.07) is 14.2.